The van der Waals surface area contributed by atoms with E-state index in [2.05, 4.69) is 0 Å². The van der Waals surface area contributed by atoms with Gasteiger partial charge in [0.05, 0.1) is 23.0 Å². The largest absolute Gasteiger partial charge is 0.493 e. The Morgan fingerprint density at radius 1 is 1.11 bits per heavy atom. The number of hydrogen-bond acceptors (Lipinski definition) is 10. The molecule has 0 saturated carbocycles. The zero-order valence-electron chi connectivity index (χ0n) is 20.2. The molecule has 0 unspecified atom stereocenters. The van der Waals surface area contributed by atoms with Crippen LogP contribution >= 0.6 is 0 Å². The summed E-state index contributed by atoms with van der Waals surface area (Å²) in [4.78, 5) is 37.6. The number of esters is 1. The van der Waals surface area contributed by atoms with Crippen LogP contribution in [0.25, 0.3) is 11.0 Å². The molecule has 2 aromatic carbocycles. The summed E-state index contributed by atoms with van der Waals surface area (Å²) in [5, 5.41) is 11.3. The molecule has 0 atom stereocenters. The number of sulfonamides is 1. The van der Waals surface area contributed by atoms with Crippen LogP contribution in [0.3, 0.4) is 0 Å². The van der Waals surface area contributed by atoms with E-state index in [0.717, 1.165) is 11.6 Å². The Hall–Kier alpha value is -3.81. The van der Waals surface area contributed by atoms with Crippen LogP contribution in [0.15, 0.2) is 56.6 Å². The standard InChI is InChI=1S/C24H25N3O9S/c1-16-3-5-19(6-4-16)37(32,33)26-9-7-25(8-10-26)11-12-35-23(28)20-14-17-13-18(27(30)31)15-21(34-2)22(17)36-24(20)29/h3-6,13-15H,7-12H2,1-2H3. The van der Waals surface area contributed by atoms with Crippen LogP contribution in [0.4, 0.5) is 5.69 Å². The number of nitro groups is 1. The predicted molar refractivity (Wildman–Crippen MR) is 132 cm³/mol. The van der Waals surface area contributed by atoms with E-state index < -0.39 is 32.1 Å². The normalized spacial score (nSPS) is 15.0. The number of piperazine rings is 1. The van der Waals surface area contributed by atoms with E-state index in [-0.39, 0.29) is 33.9 Å². The van der Waals surface area contributed by atoms with Gasteiger partial charge >= 0.3 is 11.6 Å². The van der Waals surface area contributed by atoms with E-state index in [1.165, 1.54) is 23.5 Å². The van der Waals surface area contributed by atoms with Crippen molar-refractivity contribution in [2.45, 2.75) is 11.8 Å². The molecular weight excluding hydrogens is 506 g/mol. The molecule has 0 radical (unpaired) electrons. The smallest absolute Gasteiger partial charge is 0.351 e. The lowest BCUT2D eigenvalue weighted by Crippen LogP contribution is -2.49. The molecule has 0 aliphatic carbocycles. The number of nitrogens with zero attached hydrogens (tertiary/aromatic N) is 3. The van der Waals surface area contributed by atoms with Gasteiger partial charge in [0.2, 0.25) is 10.0 Å². The van der Waals surface area contributed by atoms with E-state index in [1.54, 1.807) is 24.3 Å². The van der Waals surface area contributed by atoms with Gasteiger partial charge in [0, 0.05) is 44.2 Å². The summed E-state index contributed by atoms with van der Waals surface area (Å²) in [7, 11) is -2.31. The maximum Gasteiger partial charge on any atom is 0.351 e. The van der Waals surface area contributed by atoms with E-state index >= 15 is 0 Å². The summed E-state index contributed by atoms with van der Waals surface area (Å²) in [6.07, 6.45) is 0. The van der Waals surface area contributed by atoms with Crippen molar-refractivity contribution in [3.05, 3.63) is 74.1 Å². The van der Waals surface area contributed by atoms with E-state index in [9.17, 15) is 28.1 Å². The molecule has 12 nitrogen and oxygen atoms in total. The topological polar surface area (TPSA) is 150 Å². The number of non-ortho nitro benzene ring substituents is 1. The molecule has 0 bridgehead atoms. The summed E-state index contributed by atoms with van der Waals surface area (Å²) in [5.41, 5.74) is -0.696. The molecule has 1 aliphatic rings. The number of rotatable bonds is 8. The predicted octanol–water partition coefficient (Wildman–Crippen LogP) is 2.18. The Morgan fingerprint density at radius 2 is 1.78 bits per heavy atom. The van der Waals surface area contributed by atoms with Crippen LogP contribution in [-0.2, 0) is 14.8 Å². The summed E-state index contributed by atoms with van der Waals surface area (Å²) >= 11 is 0. The Bertz CT molecular complexity index is 1490. The molecular formula is C24H25N3O9S. The van der Waals surface area contributed by atoms with Gasteiger partial charge in [-0.2, -0.15) is 4.31 Å². The fourth-order valence-electron chi connectivity index (χ4n) is 3.98. The molecule has 0 amide bonds. The SMILES string of the molecule is COc1cc([N+](=O)[O-])cc2cc(C(=O)OCCN3CCN(S(=O)(=O)c4ccc(C)cc4)CC3)c(=O)oc12. The van der Waals surface area contributed by atoms with Crippen molar-refractivity contribution in [1.29, 1.82) is 0 Å². The van der Waals surface area contributed by atoms with Crippen molar-refractivity contribution in [3.63, 3.8) is 0 Å². The fourth-order valence-corrected chi connectivity index (χ4v) is 5.41. The Labute approximate surface area is 212 Å². The van der Waals surface area contributed by atoms with Gasteiger partial charge < -0.3 is 13.9 Å². The maximum atomic E-state index is 12.8. The van der Waals surface area contributed by atoms with Crippen LogP contribution in [0.2, 0.25) is 0 Å². The lowest BCUT2D eigenvalue weighted by Gasteiger charge is -2.33. The molecule has 1 aromatic heterocycles. The van der Waals surface area contributed by atoms with Crippen molar-refractivity contribution in [2.24, 2.45) is 0 Å². The molecule has 0 N–H and O–H groups in total. The first-order valence-corrected chi connectivity index (χ1v) is 12.8. The van der Waals surface area contributed by atoms with E-state index in [4.69, 9.17) is 13.9 Å². The van der Waals surface area contributed by atoms with Crippen molar-refractivity contribution in [2.75, 3.05) is 46.4 Å². The van der Waals surface area contributed by atoms with Crippen molar-refractivity contribution in [3.8, 4) is 5.75 Å². The number of fused-ring (bicyclic) bond motifs is 1. The molecule has 37 heavy (non-hydrogen) atoms. The molecule has 196 valence electrons. The van der Waals surface area contributed by atoms with Crippen LogP contribution in [0, 0.1) is 17.0 Å². The summed E-state index contributed by atoms with van der Waals surface area (Å²) < 4.78 is 42.6. The van der Waals surface area contributed by atoms with Crippen LogP contribution in [0.1, 0.15) is 15.9 Å². The van der Waals surface area contributed by atoms with Gasteiger partial charge in [-0.25, -0.2) is 18.0 Å². The third kappa shape index (κ3) is 5.63. The lowest BCUT2D eigenvalue weighted by molar-refractivity contribution is -0.384. The third-order valence-electron chi connectivity index (χ3n) is 6.06. The Balaban J connectivity index is 1.36. The molecule has 1 fully saturated rings. The minimum absolute atomic E-state index is 0.00949. The minimum Gasteiger partial charge on any atom is -0.493 e. The van der Waals surface area contributed by atoms with Gasteiger partial charge in [-0.3, -0.25) is 15.0 Å². The van der Waals surface area contributed by atoms with Gasteiger partial charge in [-0.1, -0.05) is 17.7 Å². The first kappa shape index (κ1) is 26.3. The highest BCUT2D eigenvalue weighted by Crippen LogP contribution is 2.30. The summed E-state index contributed by atoms with van der Waals surface area (Å²) in [6.45, 7) is 3.66. The van der Waals surface area contributed by atoms with Gasteiger partial charge in [0.25, 0.3) is 5.69 Å². The van der Waals surface area contributed by atoms with Gasteiger partial charge in [0.1, 0.15) is 12.2 Å². The van der Waals surface area contributed by atoms with Crippen LogP contribution in [-0.4, -0.2) is 75.0 Å². The zero-order valence-corrected chi connectivity index (χ0v) is 21.0. The number of benzene rings is 2. The van der Waals surface area contributed by atoms with Crippen molar-refractivity contribution in [1.82, 2.24) is 9.21 Å². The van der Waals surface area contributed by atoms with Gasteiger partial charge in [0.15, 0.2) is 11.3 Å². The average Bonchev–Trinajstić information content (AvgIpc) is 2.88. The lowest BCUT2D eigenvalue weighted by atomic mass is 10.1. The number of nitro benzene ring substituents is 1. The first-order valence-electron chi connectivity index (χ1n) is 11.4. The van der Waals surface area contributed by atoms with Crippen molar-refractivity contribution < 1.29 is 32.0 Å². The van der Waals surface area contributed by atoms with E-state index in [1.807, 2.05) is 11.8 Å². The van der Waals surface area contributed by atoms with Gasteiger partial charge in [-0.15, -0.1) is 0 Å². The molecule has 0 spiro atoms. The highest BCUT2D eigenvalue weighted by atomic mass is 32.2. The number of hydrogen-bond donors (Lipinski definition) is 0. The molecule has 1 aliphatic heterocycles. The first-order chi connectivity index (χ1) is 17.6. The van der Waals surface area contributed by atoms with Crippen molar-refractivity contribution >= 4 is 32.6 Å². The molecule has 1 saturated heterocycles. The highest BCUT2D eigenvalue weighted by Gasteiger charge is 2.28. The molecule has 3 aromatic rings. The number of carbonyl (C=O) groups is 1. The Kier molecular flexibility index (Phi) is 7.57. The van der Waals surface area contributed by atoms with Crippen LogP contribution in [0.5, 0.6) is 5.75 Å². The number of ether oxygens (including phenoxy) is 2. The molecule has 2 heterocycles. The zero-order chi connectivity index (χ0) is 26.7. The third-order valence-corrected chi connectivity index (χ3v) is 7.98. The second-order valence-electron chi connectivity index (χ2n) is 8.47. The molecule has 13 heteroatoms. The Morgan fingerprint density at radius 3 is 2.41 bits per heavy atom. The summed E-state index contributed by atoms with van der Waals surface area (Å²) in [5.74, 6) is -0.938. The second kappa shape index (κ2) is 10.7. The number of aryl methyl sites for hydroxylation is 1. The molecule has 4 rings (SSSR count). The van der Waals surface area contributed by atoms with E-state index in [0.29, 0.717) is 32.7 Å². The van der Waals surface area contributed by atoms with Gasteiger partial charge in [-0.05, 0) is 25.1 Å². The second-order valence-corrected chi connectivity index (χ2v) is 10.4. The van der Waals surface area contributed by atoms with Crippen LogP contribution < -0.4 is 10.4 Å². The quantitative estimate of drug-likeness (QED) is 0.183. The average molecular weight is 532 g/mol. The number of methoxy groups -OCH3 is 1. The minimum atomic E-state index is -3.58. The number of carbonyl (C=O) groups excluding carboxylic acids is 1. The fraction of sp³-hybridized carbons (Fsp3) is 0.333. The summed E-state index contributed by atoms with van der Waals surface area (Å²) in [6, 6.07) is 10.2. The monoisotopic (exact) mass is 531 g/mol. The maximum absolute atomic E-state index is 12.8. The highest BCUT2D eigenvalue weighted by molar-refractivity contribution is 7.89.